The average molecular weight is 337 g/mol. The van der Waals surface area contributed by atoms with Gasteiger partial charge in [-0.2, -0.15) is 0 Å². The van der Waals surface area contributed by atoms with Crippen molar-refractivity contribution in [1.82, 2.24) is 24.9 Å². The lowest BCUT2D eigenvalue weighted by atomic mass is 9.90. The van der Waals surface area contributed by atoms with Gasteiger partial charge in [0.05, 0.1) is 17.7 Å². The molecular formula is C18H19N5O2. The second-order valence-electron chi connectivity index (χ2n) is 6.69. The van der Waals surface area contributed by atoms with Crippen molar-refractivity contribution in [3.05, 3.63) is 79.2 Å². The van der Waals surface area contributed by atoms with Crippen LogP contribution in [0, 0.1) is 0 Å². The summed E-state index contributed by atoms with van der Waals surface area (Å²) < 4.78 is 0. The number of hydrogen-bond donors (Lipinski definition) is 3. The molecule has 0 bridgehead atoms. The van der Waals surface area contributed by atoms with Gasteiger partial charge in [0, 0.05) is 17.3 Å². The fourth-order valence-corrected chi connectivity index (χ4v) is 2.46. The number of pyridine rings is 1. The maximum atomic E-state index is 12.3. The predicted octanol–water partition coefficient (Wildman–Crippen LogP) is 0.136. The monoisotopic (exact) mass is 337 g/mol. The Hall–Kier alpha value is -3.22. The first-order chi connectivity index (χ1) is 11.8. The van der Waals surface area contributed by atoms with Crippen molar-refractivity contribution in [2.24, 2.45) is 0 Å². The summed E-state index contributed by atoms with van der Waals surface area (Å²) in [5.74, 6) is 0. The molecular weight excluding hydrogens is 318 g/mol. The molecule has 0 saturated carbocycles. The van der Waals surface area contributed by atoms with Gasteiger partial charge in [-0.3, -0.25) is 14.6 Å². The van der Waals surface area contributed by atoms with E-state index in [1.165, 1.54) is 6.08 Å². The van der Waals surface area contributed by atoms with E-state index in [0.29, 0.717) is 11.4 Å². The standard InChI is InChI=1S/C18H19N5O2/c1-18(2,3)15-12(20-10-21-15)9-14-17(25)22-13(16(24)23-14)8-11-6-4-5-7-19-11/h4-10H,1-3H3,(H,20,21)(H,22,25)(H,23,24)/b13-8-,14-9-. The number of aromatic nitrogens is 5. The zero-order chi connectivity index (χ0) is 18.0. The van der Waals surface area contributed by atoms with Crippen LogP contribution in [-0.2, 0) is 5.41 Å². The molecule has 128 valence electrons. The summed E-state index contributed by atoms with van der Waals surface area (Å²) in [4.78, 5) is 41.3. The molecule has 7 heteroatoms. The molecule has 0 aromatic carbocycles. The SMILES string of the molecule is CC(C)(C)c1[nH]cnc1/C=c1\[nH]c(=O)/c(=C/c2ccccn2)[nH]c1=O. The Kier molecular flexibility index (Phi) is 4.22. The van der Waals surface area contributed by atoms with Gasteiger partial charge in [-0.25, -0.2) is 4.98 Å². The Morgan fingerprint density at radius 3 is 2.24 bits per heavy atom. The van der Waals surface area contributed by atoms with Crippen LogP contribution in [0.1, 0.15) is 37.9 Å². The van der Waals surface area contributed by atoms with Gasteiger partial charge >= 0.3 is 0 Å². The first-order valence-electron chi connectivity index (χ1n) is 7.85. The van der Waals surface area contributed by atoms with Gasteiger partial charge in [-0.1, -0.05) is 26.8 Å². The van der Waals surface area contributed by atoms with E-state index in [4.69, 9.17) is 0 Å². The lowest BCUT2D eigenvalue weighted by Gasteiger charge is -2.16. The second kappa shape index (κ2) is 6.35. The van der Waals surface area contributed by atoms with Gasteiger partial charge in [0.1, 0.15) is 10.7 Å². The van der Waals surface area contributed by atoms with Crippen LogP contribution in [0.25, 0.3) is 12.2 Å². The Labute approximate surface area is 143 Å². The highest BCUT2D eigenvalue weighted by molar-refractivity contribution is 5.48. The highest BCUT2D eigenvalue weighted by Gasteiger charge is 2.19. The maximum Gasteiger partial charge on any atom is 0.272 e. The van der Waals surface area contributed by atoms with Crippen molar-refractivity contribution in [2.45, 2.75) is 26.2 Å². The normalized spacial score (nSPS) is 13.4. The highest BCUT2D eigenvalue weighted by Crippen LogP contribution is 2.22. The number of H-pyrrole nitrogens is 3. The van der Waals surface area contributed by atoms with Crippen LogP contribution in [0.15, 0.2) is 40.3 Å². The highest BCUT2D eigenvalue weighted by atomic mass is 16.1. The van der Waals surface area contributed by atoms with Gasteiger partial charge in [0.25, 0.3) is 11.1 Å². The Bertz CT molecular complexity index is 1110. The smallest absolute Gasteiger partial charge is 0.272 e. The minimum Gasteiger partial charge on any atom is -0.348 e. The summed E-state index contributed by atoms with van der Waals surface area (Å²) in [5, 5.41) is 0.305. The molecule has 0 spiro atoms. The Balaban J connectivity index is 2.14. The fourth-order valence-electron chi connectivity index (χ4n) is 2.46. The molecule has 3 heterocycles. The molecule has 0 aliphatic carbocycles. The molecule has 0 unspecified atom stereocenters. The molecule has 3 N–H and O–H groups in total. The van der Waals surface area contributed by atoms with Crippen molar-refractivity contribution >= 4 is 12.2 Å². The quantitative estimate of drug-likeness (QED) is 0.618. The Morgan fingerprint density at radius 1 is 0.960 bits per heavy atom. The summed E-state index contributed by atoms with van der Waals surface area (Å²) in [6.45, 7) is 6.11. The van der Waals surface area contributed by atoms with E-state index < -0.39 is 11.1 Å². The van der Waals surface area contributed by atoms with E-state index in [1.54, 1.807) is 36.8 Å². The lowest BCUT2D eigenvalue weighted by Crippen LogP contribution is -2.46. The van der Waals surface area contributed by atoms with Crippen LogP contribution < -0.4 is 21.8 Å². The molecule has 3 aromatic heterocycles. The maximum absolute atomic E-state index is 12.3. The minimum atomic E-state index is -0.399. The molecule has 0 fully saturated rings. The topological polar surface area (TPSA) is 107 Å². The summed E-state index contributed by atoms with van der Waals surface area (Å²) in [7, 11) is 0. The van der Waals surface area contributed by atoms with Crippen LogP contribution in [0.2, 0.25) is 0 Å². The summed E-state index contributed by atoms with van der Waals surface area (Å²) in [6, 6.07) is 5.33. The molecule has 0 aliphatic rings. The van der Waals surface area contributed by atoms with Gasteiger partial charge < -0.3 is 15.0 Å². The molecule has 0 amide bonds. The number of rotatable bonds is 2. The largest absolute Gasteiger partial charge is 0.348 e. The number of aromatic amines is 3. The van der Waals surface area contributed by atoms with Gasteiger partial charge in [-0.15, -0.1) is 0 Å². The van der Waals surface area contributed by atoms with Crippen LogP contribution in [-0.4, -0.2) is 24.9 Å². The van der Waals surface area contributed by atoms with E-state index in [9.17, 15) is 9.59 Å². The summed E-state index contributed by atoms with van der Waals surface area (Å²) >= 11 is 0. The molecule has 0 saturated heterocycles. The zero-order valence-corrected chi connectivity index (χ0v) is 14.3. The molecule has 0 radical (unpaired) electrons. The molecule has 0 aliphatic heterocycles. The minimum absolute atomic E-state index is 0.152. The van der Waals surface area contributed by atoms with Crippen molar-refractivity contribution in [3.63, 3.8) is 0 Å². The first kappa shape index (κ1) is 16.6. The number of imidazole rings is 1. The lowest BCUT2D eigenvalue weighted by molar-refractivity contribution is 0.571. The number of nitrogens with zero attached hydrogens (tertiary/aromatic N) is 2. The third kappa shape index (κ3) is 3.65. The van der Waals surface area contributed by atoms with Crippen molar-refractivity contribution in [2.75, 3.05) is 0 Å². The first-order valence-corrected chi connectivity index (χ1v) is 7.85. The number of nitrogens with one attached hydrogen (secondary N) is 3. The second-order valence-corrected chi connectivity index (χ2v) is 6.69. The van der Waals surface area contributed by atoms with Crippen LogP contribution in [0.4, 0.5) is 0 Å². The average Bonchev–Trinajstić information content (AvgIpc) is 3.02. The Morgan fingerprint density at radius 2 is 1.64 bits per heavy atom. The summed E-state index contributed by atoms with van der Waals surface area (Å²) in [5.41, 5.74) is 1.13. The zero-order valence-electron chi connectivity index (χ0n) is 14.3. The number of hydrogen-bond acceptors (Lipinski definition) is 4. The predicted molar refractivity (Wildman–Crippen MR) is 95.6 cm³/mol. The van der Waals surface area contributed by atoms with Crippen LogP contribution in [0.3, 0.4) is 0 Å². The third-order valence-corrected chi connectivity index (χ3v) is 3.67. The van der Waals surface area contributed by atoms with Crippen molar-refractivity contribution < 1.29 is 0 Å². The van der Waals surface area contributed by atoms with Crippen molar-refractivity contribution in [1.29, 1.82) is 0 Å². The molecule has 3 aromatic rings. The third-order valence-electron chi connectivity index (χ3n) is 3.67. The molecule has 25 heavy (non-hydrogen) atoms. The van der Waals surface area contributed by atoms with E-state index in [0.717, 1.165) is 5.69 Å². The van der Waals surface area contributed by atoms with E-state index >= 15 is 0 Å². The fraction of sp³-hybridized carbons (Fsp3) is 0.222. The molecule has 0 atom stereocenters. The summed E-state index contributed by atoms with van der Waals surface area (Å²) in [6.07, 6.45) is 6.29. The van der Waals surface area contributed by atoms with E-state index in [-0.39, 0.29) is 16.1 Å². The van der Waals surface area contributed by atoms with Crippen LogP contribution in [0.5, 0.6) is 0 Å². The van der Waals surface area contributed by atoms with Crippen LogP contribution >= 0.6 is 0 Å². The molecule has 3 rings (SSSR count). The van der Waals surface area contributed by atoms with Gasteiger partial charge in [0.2, 0.25) is 0 Å². The molecule has 7 nitrogen and oxygen atoms in total. The van der Waals surface area contributed by atoms with Crippen molar-refractivity contribution in [3.8, 4) is 0 Å². The van der Waals surface area contributed by atoms with Gasteiger partial charge in [0.15, 0.2) is 0 Å². The van der Waals surface area contributed by atoms with E-state index in [2.05, 4.69) is 24.9 Å². The van der Waals surface area contributed by atoms with Gasteiger partial charge in [-0.05, 0) is 24.3 Å². The van der Waals surface area contributed by atoms with E-state index in [1.807, 2.05) is 20.8 Å².